The largest absolute Gasteiger partial charge is 0.493 e. The first-order valence-electron chi connectivity index (χ1n) is 9.26. The average molecular weight is 396 g/mol. The van der Waals surface area contributed by atoms with Crippen molar-refractivity contribution in [3.63, 3.8) is 0 Å². The van der Waals surface area contributed by atoms with Crippen LogP contribution in [0.15, 0.2) is 35.1 Å². The van der Waals surface area contributed by atoms with E-state index in [-0.39, 0.29) is 5.56 Å². The van der Waals surface area contributed by atoms with Crippen molar-refractivity contribution in [1.29, 1.82) is 0 Å². The van der Waals surface area contributed by atoms with E-state index >= 15 is 0 Å². The molecule has 0 fully saturated rings. The lowest BCUT2D eigenvalue weighted by Gasteiger charge is -2.21. The summed E-state index contributed by atoms with van der Waals surface area (Å²) in [6, 6.07) is 7.80. The monoisotopic (exact) mass is 396 g/mol. The molecule has 4 rings (SSSR count). The standard InChI is InChI=1S/C22H21FN2O4/c1-27-18-10-13(11-19(28-2)20(18)29-3)9-14-5-4-8-25-21(14)24-17-7-6-15(23)12-16(17)22(25)26/h6-7,9-12H,4-5,8H2,1-3H3/b14-9+. The van der Waals surface area contributed by atoms with Crippen molar-refractivity contribution in [1.82, 2.24) is 9.55 Å². The topological polar surface area (TPSA) is 62.6 Å². The summed E-state index contributed by atoms with van der Waals surface area (Å²) in [5.41, 5.74) is 2.03. The maximum atomic E-state index is 13.6. The lowest BCUT2D eigenvalue weighted by atomic mass is 10.0. The number of methoxy groups -OCH3 is 3. The van der Waals surface area contributed by atoms with Crippen LogP contribution in [0.4, 0.5) is 4.39 Å². The molecule has 0 atom stereocenters. The molecule has 1 aliphatic rings. The molecule has 29 heavy (non-hydrogen) atoms. The molecule has 2 heterocycles. The zero-order valence-corrected chi connectivity index (χ0v) is 16.5. The van der Waals surface area contributed by atoms with Crippen LogP contribution in [0.25, 0.3) is 22.6 Å². The summed E-state index contributed by atoms with van der Waals surface area (Å²) in [7, 11) is 4.69. The highest BCUT2D eigenvalue weighted by atomic mass is 19.1. The molecule has 3 aromatic rings. The Labute approximate surface area is 167 Å². The number of rotatable bonds is 4. The lowest BCUT2D eigenvalue weighted by molar-refractivity contribution is 0.324. The van der Waals surface area contributed by atoms with Gasteiger partial charge >= 0.3 is 0 Å². The third-order valence-corrected chi connectivity index (χ3v) is 5.06. The van der Waals surface area contributed by atoms with Crippen LogP contribution in [0.1, 0.15) is 24.2 Å². The Bertz CT molecular complexity index is 1160. The number of aromatic nitrogens is 2. The summed E-state index contributed by atoms with van der Waals surface area (Å²) in [4.78, 5) is 17.5. The molecule has 0 saturated heterocycles. The van der Waals surface area contributed by atoms with E-state index in [1.807, 2.05) is 18.2 Å². The Kier molecular flexibility index (Phi) is 4.96. The average Bonchev–Trinajstić information content (AvgIpc) is 2.74. The highest BCUT2D eigenvalue weighted by Gasteiger charge is 2.20. The summed E-state index contributed by atoms with van der Waals surface area (Å²) in [5.74, 6) is 1.78. The minimum atomic E-state index is -0.444. The van der Waals surface area contributed by atoms with Gasteiger partial charge in [-0.3, -0.25) is 9.36 Å². The maximum absolute atomic E-state index is 13.6. The molecule has 0 amide bonds. The summed E-state index contributed by atoms with van der Waals surface area (Å²) in [6.45, 7) is 0.556. The predicted octanol–water partition coefficient (Wildman–Crippen LogP) is 3.90. The summed E-state index contributed by atoms with van der Waals surface area (Å²) >= 11 is 0. The second-order valence-electron chi connectivity index (χ2n) is 6.79. The fourth-order valence-electron chi connectivity index (χ4n) is 3.71. The lowest BCUT2D eigenvalue weighted by Crippen LogP contribution is -2.28. The second-order valence-corrected chi connectivity index (χ2v) is 6.79. The quantitative estimate of drug-likeness (QED) is 0.669. The second kappa shape index (κ2) is 7.58. The number of hydrogen-bond donors (Lipinski definition) is 0. The van der Waals surface area contributed by atoms with E-state index in [9.17, 15) is 9.18 Å². The van der Waals surface area contributed by atoms with Crippen LogP contribution in [-0.4, -0.2) is 30.9 Å². The van der Waals surface area contributed by atoms with E-state index in [4.69, 9.17) is 14.2 Å². The molecule has 2 aromatic carbocycles. The molecular weight excluding hydrogens is 375 g/mol. The number of ether oxygens (including phenoxy) is 3. The van der Waals surface area contributed by atoms with Crippen LogP contribution >= 0.6 is 0 Å². The third-order valence-electron chi connectivity index (χ3n) is 5.06. The predicted molar refractivity (Wildman–Crippen MR) is 109 cm³/mol. The number of nitrogens with zero attached hydrogens (tertiary/aromatic N) is 2. The molecule has 0 unspecified atom stereocenters. The van der Waals surface area contributed by atoms with Crippen LogP contribution in [0.2, 0.25) is 0 Å². The van der Waals surface area contributed by atoms with E-state index in [0.717, 1.165) is 24.0 Å². The van der Waals surface area contributed by atoms with Crippen LogP contribution in [-0.2, 0) is 6.54 Å². The van der Waals surface area contributed by atoms with Gasteiger partial charge in [0, 0.05) is 6.54 Å². The zero-order valence-electron chi connectivity index (χ0n) is 16.5. The fourth-order valence-corrected chi connectivity index (χ4v) is 3.71. The van der Waals surface area contributed by atoms with Gasteiger partial charge in [0.25, 0.3) is 5.56 Å². The van der Waals surface area contributed by atoms with Crippen molar-refractivity contribution in [2.75, 3.05) is 21.3 Å². The Hall–Kier alpha value is -3.35. The van der Waals surface area contributed by atoms with Crippen molar-refractivity contribution < 1.29 is 18.6 Å². The highest BCUT2D eigenvalue weighted by Crippen LogP contribution is 2.39. The molecule has 0 saturated carbocycles. The van der Waals surface area contributed by atoms with Crippen LogP contribution < -0.4 is 19.8 Å². The van der Waals surface area contributed by atoms with Gasteiger partial charge in [-0.1, -0.05) is 0 Å². The molecule has 0 N–H and O–H groups in total. The highest BCUT2D eigenvalue weighted by molar-refractivity contribution is 5.84. The fraction of sp³-hybridized carbons (Fsp3) is 0.273. The van der Waals surface area contributed by atoms with Gasteiger partial charge in [0.05, 0.1) is 32.2 Å². The van der Waals surface area contributed by atoms with Gasteiger partial charge in [-0.15, -0.1) is 0 Å². The number of allylic oxidation sites excluding steroid dienone is 1. The van der Waals surface area contributed by atoms with Crippen molar-refractivity contribution in [3.05, 3.63) is 57.9 Å². The maximum Gasteiger partial charge on any atom is 0.261 e. The van der Waals surface area contributed by atoms with Crippen molar-refractivity contribution in [3.8, 4) is 17.2 Å². The Morgan fingerprint density at radius 1 is 1.07 bits per heavy atom. The van der Waals surface area contributed by atoms with E-state index in [2.05, 4.69) is 4.98 Å². The molecule has 7 heteroatoms. The minimum absolute atomic E-state index is 0.222. The Morgan fingerprint density at radius 3 is 2.45 bits per heavy atom. The SMILES string of the molecule is COc1cc(/C=C2\CCCn3c2nc2ccc(F)cc2c3=O)cc(OC)c1OC. The smallest absolute Gasteiger partial charge is 0.261 e. The van der Waals surface area contributed by atoms with Gasteiger partial charge in [-0.05, 0) is 60.4 Å². The van der Waals surface area contributed by atoms with Crippen molar-refractivity contribution >= 4 is 22.6 Å². The van der Waals surface area contributed by atoms with Crippen LogP contribution in [0, 0.1) is 5.82 Å². The van der Waals surface area contributed by atoms with Crippen molar-refractivity contribution in [2.24, 2.45) is 0 Å². The minimum Gasteiger partial charge on any atom is -0.493 e. The summed E-state index contributed by atoms with van der Waals surface area (Å²) in [5, 5.41) is 0.294. The Morgan fingerprint density at radius 2 is 1.79 bits per heavy atom. The molecular formula is C22H21FN2O4. The molecule has 1 aromatic heterocycles. The number of halogens is 1. The molecule has 150 valence electrons. The number of hydrogen-bond acceptors (Lipinski definition) is 5. The van der Waals surface area contributed by atoms with Gasteiger partial charge < -0.3 is 14.2 Å². The van der Waals surface area contributed by atoms with Gasteiger partial charge in [0.2, 0.25) is 5.75 Å². The first kappa shape index (κ1) is 19.0. The van der Waals surface area contributed by atoms with E-state index in [1.165, 1.54) is 12.1 Å². The molecule has 0 aliphatic carbocycles. The van der Waals surface area contributed by atoms with Gasteiger partial charge in [-0.25, -0.2) is 9.37 Å². The number of fused-ring (bicyclic) bond motifs is 2. The first-order chi connectivity index (χ1) is 14.0. The molecule has 6 nitrogen and oxygen atoms in total. The normalized spacial score (nSPS) is 14.7. The van der Waals surface area contributed by atoms with E-state index in [1.54, 1.807) is 32.0 Å². The Balaban J connectivity index is 1.89. The third kappa shape index (κ3) is 3.33. The van der Waals surface area contributed by atoms with Gasteiger partial charge in [-0.2, -0.15) is 0 Å². The van der Waals surface area contributed by atoms with E-state index in [0.29, 0.717) is 40.5 Å². The molecule has 0 radical (unpaired) electrons. The molecule has 1 aliphatic heterocycles. The van der Waals surface area contributed by atoms with Gasteiger partial charge in [0.15, 0.2) is 11.5 Å². The van der Waals surface area contributed by atoms with Crippen LogP contribution in [0.5, 0.6) is 17.2 Å². The van der Waals surface area contributed by atoms with Gasteiger partial charge in [0.1, 0.15) is 11.6 Å². The number of benzene rings is 2. The van der Waals surface area contributed by atoms with Crippen molar-refractivity contribution in [2.45, 2.75) is 19.4 Å². The van der Waals surface area contributed by atoms with E-state index < -0.39 is 5.82 Å². The molecule has 0 bridgehead atoms. The van der Waals surface area contributed by atoms with Crippen LogP contribution in [0.3, 0.4) is 0 Å². The zero-order chi connectivity index (χ0) is 20.5. The summed E-state index contributed by atoms with van der Waals surface area (Å²) < 4.78 is 31.4. The summed E-state index contributed by atoms with van der Waals surface area (Å²) in [6.07, 6.45) is 3.54. The molecule has 0 spiro atoms. The first-order valence-corrected chi connectivity index (χ1v) is 9.26.